The van der Waals surface area contributed by atoms with Crippen LogP contribution in [0, 0.1) is 6.92 Å². The lowest BCUT2D eigenvalue weighted by atomic mass is 10.0. The second-order valence-corrected chi connectivity index (χ2v) is 8.63. The van der Waals surface area contributed by atoms with Gasteiger partial charge in [0.2, 0.25) is 0 Å². The van der Waals surface area contributed by atoms with E-state index in [4.69, 9.17) is 5.73 Å². The van der Waals surface area contributed by atoms with E-state index >= 15 is 0 Å². The van der Waals surface area contributed by atoms with Gasteiger partial charge in [0.15, 0.2) is 5.72 Å². The molecule has 0 aliphatic carbocycles. The van der Waals surface area contributed by atoms with Crippen molar-refractivity contribution < 1.29 is 9.90 Å². The van der Waals surface area contributed by atoms with E-state index in [1.54, 1.807) is 20.3 Å². The summed E-state index contributed by atoms with van der Waals surface area (Å²) in [5.41, 5.74) is 7.17. The van der Waals surface area contributed by atoms with Crippen molar-refractivity contribution in [3.63, 3.8) is 0 Å². The number of nitrogens with two attached hydrogens (primary N) is 1. The molecule has 2 aromatic rings. The molecule has 0 bridgehead atoms. The second kappa shape index (κ2) is 8.52. The molecule has 29 heavy (non-hydrogen) atoms. The summed E-state index contributed by atoms with van der Waals surface area (Å²) in [4.78, 5) is 20.2. The van der Waals surface area contributed by atoms with Gasteiger partial charge in [0.05, 0.1) is 23.3 Å². The predicted octanol–water partition coefficient (Wildman–Crippen LogP) is 1.95. The van der Waals surface area contributed by atoms with Gasteiger partial charge in [-0.1, -0.05) is 0 Å². The molecule has 9 nitrogen and oxygen atoms in total. The quantitative estimate of drug-likeness (QED) is 0.547. The number of pyridine rings is 1. The lowest BCUT2D eigenvalue weighted by Gasteiger charge is -2.35. The lowest BCUT2D eigenvalue weighted by molar-refractivity contribution is 0.0609. The molecule has 2 atom stereocenters. The van der Waals surface area contributed by atoms with E-state index in [1.165, 1.54) is 23.4 Å². The molecule has 158 valence electrons. The molecular formula is C19H29N7O2S. The van der Waals surface area contributed by atoms with Gasteiger partial charge in [-0.25, -0.2) is 4.79 Å². The first kappa shape index (κ1) is 21.3. The standard InChI is InChI=1S/C19H29N7O2S/c1-12-8-16(29-24-12)23-15-9-14(10-21-17(15)19(2,20)28)26-7-5-6-13(11-26)22-18(27)25(3)4/h8-10,13,23,28H,5-7,11,20H2,1-4H3,(H,22,27)/t13-,19?/m1/s1. The zero-order valence-corrected chi connectivity index (χ0v) is 18.1. The zero-order valence-electron chi connectivity index (χ0n) is 17.3. The van der Waals surface area contributed by atoms with Gasteiger partial charge in [-0.05, 0) is 50.4 Å². The lowest BCUT2D eigenvalue weighted by Crippen LogP contribution is -2.50. The molecule has 2 aromatic heterocycles. The fraction of sp³-hybridized carbons (Fsp3) is 0.526. The summed E-state index contributed by atoms with van der Waals surface area (Å²) in [6.07, 6.45) is 3.62. The van der Waals surface area contributed by atoms with Gasteiger partial charge in [-0.15, -0.1) is 0 Å². The van der Waals surface area contributed by atoms with Crippen LogP contribution in [0.5, 0.6) is 0 Å². The number of amides is 2. The maximum Gasteiger partial charge on any atom is 0.317 e. The Bertz CT molecular complexity index is 862. The van der Waals surface area contributed by atoms with Gasteiger partial charge in [-0.2, -0.15) is 4.37 Å². The summed E-state index contributed by atoms with van der Waals surface area (Å²) in [5.74, 6) is 0. The van der Waals surface area contributed by atoms with E-state index in [9.17, 15) is 9.90 Å². The van der Waals surface area contributed by atoms with Crippen LogP contribution < -0.4 is 21.3 Å². The second-order valence-electron chi connectivity index (χ2n) is 7.82. The van der Waals surface area contributed by atoms with Crippen LogP contribution >= 0.6 is 11.5 Å². The first-order valence-electron chi connectivity index (χ1n) is 9.58. The summed E-state index contributed by atoms with van der Waals surface area (Å²) in [7, 11) is 3.47. The number of carbonyl (C=O) groups excluding carboxylic acids is 1. The van der Waals surface area contributed by atoms with E-state index in [0.29, 0.717) is 17.9 Å². The Morgan fingerprint density at radius 3 is 2.83 bits per heavy atom. The van der Waals surface area contributed by atoms with E-state index < -0.39 is 5.72 Å². The monoisotopic (exact) mass is 419 g/mol. The number of hydrogen-bond acceptors (Lipinski definition) is 8. The van der Waals surface area contributed by atoms with Crippen molar-refractivity contribution >= 4 is 33.9 Å². The number of hydrogen-bond donors (Lipinski definition) is 4. The highest BCUT2D eigenvalue weighted by molar-refractivity contribution is 7.10. The molecule has 0 aromatic carbocycles. The number of carbonyl (C=O) groups is 1. The summed E-state index contributed by atoms with van der Waals surface area (Å²) < 4.78 is 4.28. The third kappa shape index (κ3) is 5.34. The summed E-state index contributed by atoms with van der Waals surface area (Å²) in [5, 5.41) is 17.5. The Hall–Kier alpha value is -2.43. The molecule has 0 spiro atoms. The highest BCUT2D eigenvalue weighted by Gasteiger charge is 2.26. The summed E-state index contributed by atoms with van der Waals surface area (Å²) in [6, 6.07) is 3.85. The van der Waals surface area contributed by atoms with Crippen molar-refractivity contribution in [2.24, 2.45) is 5.73 Å². The normalized spacial score (nSPS) is 18.8. The fourth-order valence-electron chi connectivity index (χ4n) is 3.31. The van der Waals surface area contributed by atoms with E-state index in [1.807, 2.05) is 19.1 Å². The molecule has 5 N–H and O–H groups in total. The molecule has 3 heterocycles. The fourth-order valence-corrected chi connectivity index (χ4v) is 3.99. The molecular weight excluding hydrogens is 390 g/mol. The Balaban J connectivity index is 1.83. The maximum atomic E-state index is 12.0. The molecule has 0 saturated carbocycles. The highest BCUT2D eigenvalue weighted by Crippen LogP contribution is 2.32. The first-order chi connectivity index (χ1) is 13.6. The van der Waals surface area contributed by atoms with E-state index in [2.05, 4.69) is 24.9 Å². The molecule has 1 aliphatic heterocycles. The van der Waals surface area contributed by atoms with Crippen molar-refractivity contribution in [3.8, 4) is 0 Å². The maximum absolute atomic E-state index is 12.0. The molecule has 10 heteroatoms. The van der Waals surface area contributed by atoms with Crippen LogP contribution in [0.15, 0.2) is 18.3 Å². The third-order valence-corrected chi connectivity index (χ3v) is 5.55. The number of aromatic nitrogens is 2. The van der Waals surface area contributed by atoms with Crippen molar-refractivity contribution in [3.05, 3.63) is 29.7 Å². The minimum Gasteiger partial charge on any atom is -0.370 e. The van der Waals surface area contributed by atoms with E-state index in [-0.39, 0.29) is 12.1 Å². The van der Waals surface area contributed by atoms with Crippen molar-refractivity contribution in [1.29, 1.82) is 0 Å². The topological polar surface area (TPSA) is 120 Å². The number of nitrogens with one attached hydrogen (secondary N) is 2. The molecule has 2 amide bonds. The number of anilines is 3. The number of aliphatic hydroxyl groups is 1. The highest BCUT2D eigenvalue weighted by atomic mass is 32.1. The van der Waals surface area contributed by atoms with Gasteiger partial charge in [0.1, 0.15) is 10.7 Å². The minimum atomic E-state index is -1.58. The Kier molecular flexibility index (Phi) is 6.25. The minimum absolute atomic E-state index is 0.0662. The Labute approximate surface area is 175 Å². The van der Waals surface area contributed by atoms with Gasteiger partial charge in [0, 0.05) is 33.2 Å². The average Bonchev–Trinajstić information content (AvgIpc) is 3.05. The summed E-state index contributed by atoms with van der Waals surface area (Å²) >= 11 is 1.34. The largest absolute Gasteiger partial charge is 0.370 e. The third-order valence-electron chi connectivity index (χ3n) is 4.76. The number of rotatable bonds is 5. The van der Waals surface area contributed by atoms with Crippen LogP contribution in [0.4, 0.5) is 21.2 Å². The van der Waals surface area contributed by atoms with Gasteiger partial charge < -0.3 is 25.5 Å². The molecule has 1 unspecified atom stereocenters. The molecule has 0 radical (unpaired) electrons. The number of piperidine rings is 1. The van der Waals surface area contributed by atoms with Crippen LogP contribution in [0.3, 0.4) is 0 Å². The first-order valence-corrected chi connectivity index (χ1v) is 10.4. The molecule has 1 saturated heterocycles. The number of aryl methyl sites for hydroxylation is 1. The smallest absolute Gasteiger partial charge is 0.317 e. The van der Waals surface area contributed by atoms with Crippen molar-refractivity contribution in [2.45, 2.75) is 38.5 Å². The van der Waals surface area contributed by atoms with E-state index in [0.717, 1.165) is 35.8 Å². The average molecular weight is 420 g/mol. The van der Waals surface area contributed by atoms with Crippen LogP contribution in [0.1, 0.15) is 31.2 Å². The molecule has 3 rings (SSSR count). The number of urea groups is 1. The van der Waals surface area contributed by atoms with Crippen LogP contribution in [-0.4, -0.2) is 58.6 Å². The predicted molar refractivity (Wildman–Crippen MR) is 116 cm³/mol. The molecule has 1 fully saturated rings. The molecule has 1 aliphatic rings. The van der Waals surface area contributed by atoms with Crippen LogP contribution in [0.25, 0.3) is 0 Å². The Morgan fingerprint density at radius 2 is 2.21 bits per heavy atom. The van der Waals surface area contributed by atoms with Crippen molar-refractivity contribution in [2.75, 3.05) is 37.4 Å². The Morgan fingerprint density at radius 1 is 1.45 bits per heavy atom. The summed E-state index contributed by atoms with van der Waals surface area (Å²) in [6.45, 7) is 4.99. The van der Waals surface area contributed by atoms with Gasteiger partial charge in [-0.3, -0.25) is 10.7 Å². The van der Waals surface area contributed by atoms with Crippen molar-refractivity contribution in [1.82, 2.24) is 19.6 Å². The van der Waals surface area contributed by atoms with Gasteiger partial charge in [0.25, 0.3) is 0 Å². The van der Waals surface area contributed by atoms with Gasteiger partial charge >= 0.3 is 6.03 Å². The number of nitrogens with zero attached hydrogens (tertiary/aromatic N) is 4. The SMILES string of the molecule is Cc1cc(Nc2cc(N3CCC[C@@H](NC(=O)N(C)C)C3)cnc2C(C)(N)O)sn1. The zero-order chi connectivity index (χ0) is 21.2. The van der Waals surface area contributed by atoms with Crippen LogP contribution in [0.2, 0.25) is 0 Å². The van der Waals surface area contributed by atoms with Crippen LogP contribution in [-0.2, 0) is 5.72 Å².